The molecular formula is C12H23N. The minimum Gasteiger partial charge on any atom is -0.310 e. The van der Waals surface area contributed by atoms with Crippen molar-refractivity contribution in [1.29, 1.82) is 0 Å². The van der Waals surface area contributed by atoms with Crippen LogP contribution in [0.5, 0.6) is 0 Å². The molecule has 1 aliphatic rings. The molecule has 0 spiro atoms. The number of hydrogen-bond donors (Lipinski definition) is 1. The number of rotatable bonds is 3. The molecule has 0 radical (unpaired) electrons. The molecular weight excluding hydrogens is 158 g/mol. The first-order chi connectivity index (χ1) is 6.11. The van der Waals surface area contributed by atoms with Gasteiger partial charge in [-0.3, -0.25) is 0 Å². The molecule has 2 atom stereocenters. The van der Waals surface area contributed by atoms with E-state index in [0.29, 0.717) is 0 Å². The zero-order valence-electron chi connectivity index (χ0n) is 9.43. The summed E-state index contributed by atoms with van der Waals surface area (Å²) in [5.74, 6) is 1.72. The summed E-state index contributed by atoms with van der Waals surface area (Å²) >= 11 is 0. The van der Waals surface area contributed by atoms with E-state index in [1.54, 1.807) is 0 Å². The molecule has 1 rings (SSSR count). The van der Waals surface area contributed by atoms with Crippen LogP contribution in [0, 0.1) is 11.8 Å². The fourth-order valence-corrected chi connectivity index (χ4v) is 2.25. The Hall–Kier alpha value is -0.300. The Morgan fingerprint density at radius 3 is 2.23 bits per heavy atom. The van der Waals surface area contributed by atoms with Crippen LogP contribution in [0.25, 0.3) is 0 Å². The fourth-order valence-electron chi connectivity index (χ4n) is 2.25. The first-order valence-electron chi connectivity index (χ1n) is 5.48. The summed E-state index contributed by atoms with van der Waals surface area (Å²) in [5, 5.41) is 3.64. The second-order valence-corrected chi connectivity index (χ2v) is 4.75. The van der Waals surface area contributed by atoms with Gasteiger partial charge in [-0.05, 0) is 38.5 Å². The van der Waals surface area contributed by atoms with Crippen LogP contribution in [-0.4, -0.2) is 12.6 Å². The lowest BCUT2D eigenvalue weighted by molar-refractivity contribution is 0.380. The lowest BCUT2D eigenvalue weighted by atomic mass is 10.0. The molecule has 13 heavy (non-hydrogen) atoms. The summed E-state index contributed by atoms with van der Waals surface area (Å²) in [4.78, 5) is 0. The van der Waals surface area contributed by atoms with Crippen LogP contribution in [0.15, 0.2) is 11.6 Å². The molecule has 76 valence electrons. The van der Waals surface area contributed by atoms with Crippen molar-refractivity contribution in [2.24, 2.45) is 11.8 Å². The van der Waals surface area contributed by atoms with E-state index >= 15 is 0 Å². The van der Waals surface area contributed by atoms with E-state index in [4.69, 9.17) is 0 Å². The van der Waals surface area contributed by atoms with Crippen molar-refractivity contribution in [2.45, 2.75) is 46.6 Å². The van der Waals surface area contributed by atoms with Crippen LogP contribution < -0.4 is 5.32 Å². The molecule has 1 heteroatoms. The van der Waals surface area contributed by atoms with E-state index < -0.39 is 0 Å². The standard InChI is InChI=1S/C12H23N/c1-9(2)7-8-13-12-10(3)5-6-11(12)4/h7,10-13H,5-6,8H2,1-4H3. The molecule has 1 aliphatic carbocycles. The third-order valence-corrected chi connectivity index (χ3v) is 3.17. The summed E-state index contributed by atoms with van der Waals surface area (Å²) in [7, 11) is 0. The van der Waals surface area contributed by atoms with Gasteiger partial charge in [-0.25, -0.2) is 0 Å². The Kier molecular flexibility index (Phi) is 3.98. The summed E-state index contributed by atoms with van der Waals surface area (Å²) in [6, 6.07) is 0.746. The second kappa shape index (κ2) is 4.80. The third-order valence-electron chi connectivity index (χ3n) is 3.17. The second-order valence-electron chi connectivity index (χ2n) is 4.75. The highest BCUT2D eigenvalue weighted by atomic mass is 14.9. The lowest BCUT2D eigenvalue weighted by Crippen LogP contribution is -2.35. The van der Waals surface area contributed by atoms with Crippen molar-refractivity contribution >= 4 is 0 Å². The van der Waals surface area contributed by atoms with E-state index in [9.17, 15) is 0 Å². The summed E-state index contributed by atoms with van der Waals surface area (Å²) < 4.78 is 0. The maximum atomic E-state index is 3.64. The fraction of sp³-hybridized carbons (Fsp3) is 0.833. The molecule has 0 amide bonds. The number of nitrogens with one attached hydrogen (secondary N) is 1. The zero-order valence-corrected chi connectivity index (χ0v) is 9.43. The Morgan fingerprint density at radius 2 is 1.77 bits per heavy atom. The van der Waals surface area contributed by atoms with E-state index in [1.807, 2.05) is 0 Å². The van der Waals surface area contributed by atoms with Crippen molar-refractivity contribution in [3.63, 3.8) is 0 Å². The summed E-state index contributed by atoms with van der Waals surface area (Å²) in [6.07, 6.45) is 5.07. The Bertz CT molecular complexity index is 170. The number of allylic oxidation sites excluding steroid dienone is 1. The number of hydrogen-bond acceptors (Lipinski definition) is 1. The normalized spacial score (nSPS) is 33.4. The van der Waals surface area contributed by atoms with Gasteiger partial charge < -0.3 is 5.32 Å². The molecule has 1 saturated carbocycles. The van der Waals surface area contributed by atoms with Crippen molar-refractivity contribution in [1.82, 2.24) is 5.32 Å². The van der Waals surface area contributed by atoms with Gasteiger partial charge in [0, 0.05) is 12.6 Å². The van der Waals surface area contributed by atoms with Gasteiger partial charge in [0.05, 0.1) is 0 Å². The van der Waals surface area contributed by atoms with Gasteiger partial charge in [0.2, 0.25) is 0 Å². The Labute approximate surface area is 82.6 Å². The highest BCUT2D eigenvalue weighted by Gasteiger charge is 2.28. The van der Waals surface area contributed by atoms with Gasteiger partial charge in [0.15, 0.2) is 0 Å². The van der Waals surface area contributed by atoms with Crippen LogP contribution in [0.1, 0.15) is 40.5 Å². The summed E-state index contributed by atoms with van der Waals surface area (Å²) in [5.41, 5.74) is 1.41. The molecule has 1 fully saturated rings. The maximum absolute atomic E-state index is 3.64. The van der Waals surface area contributed by atoms with Crippen molar-refractivity contribution in [3.8, 4) is 0 Å². The SMILES string of the molecule is CC(C)=CCNC1C(C)CCC1C. The lowest BCUT2D eigenvalue weighted by Gasteiger charge is -2.20. The van der Waals surface area contributed by atoms with Crippen molar-refractivity contribution in [3.05, 3.63) is 11.6 Å². The highest BCUT2D eigenvalue weighted by Crippen LogP contribution is 2.30. The minimum atomic E-state index is 0.746. The van der Waals surface area contributed by atoms with Crippen LogP contribution >= 0.6 is 0 Å². The van der Waals surface area contributed by atoms with E-state index in [0.717, 1.165) is 24.4 Å². The van der Waals surface area contributed by atoms with Crippen LogP contribution in [0.4, 0.5) is 0 Å². The van der Waals surface area contributed by atoms with Crippen LogP contribution in [-0.2, 0) is 0 Å². The molecule has 0 aromatic carbocycles. The van der Waals surface area contributed by atoms with Crippen LogP contribution in [0.3, 0.4) is 0 Å². The van der Waals surface area contributed by atoms with Gasteiger partial charge in [0.25, 0.3) is 0 Å². The first-order valence-corrected chi connectivity index (χ1v) is 5.48. The molecule has 1 nitrogen and oxygen atoms in total. The van der Waals surface area contributed by atoms with Gasteiger partial charge >= 0.3 is 0 Å². The minimum absolute atomic E-state index is 0.746. The molecule has 1 N–H and O–H groups in total. The van der Waals surface area contributed by atoms with E-state index in [-0.39, 0.29) is 0 Å². The molecule has 2 unspecified atom stereocenters. The molecule has 0 heterocycles. The van der Waals surface area contributed by atoms with E-state index in [2.05, 4.69) is 39.1 Å². The monoisotopic (exact) mass is 181 g/mol. The van der Waals surface area contributed by atoms with Crippen molar-refractivity contribution in [2.75, 3.05) is 6.54 Å². The molecule has 0 aromatic rings. The van der Waals surface area contributed by atoms with Gasteiger partial charge in [-0.1, -0.05) is 25.5 Å². The first kappa shape index (κ1) is 10.8. The largest absolute Gasteiger partial charge is 0.310 e. The quantitative estimate of drug-likeness (QED) is 0.660. The maximum Gasteiger partial charge on any atom is 0.0140 e. The topological polar surface area (TPSA) is 12.0 Å². The average Bonchev–Trinajstić information content (AvgIpc) is 2.34. The molecule has 0 saturated heterocycles. The van der Waals surface area contributed by atoms with E-state index in [1.165, 1.54) is 18.4 Å². The third kappa shape index (κ3) is 3.15. The summed E-state index contributed by atoms with van der Waals surface area (Å²) in [6.45, 7) is 10.1. The molecule has 0 bridgehead atoms. The predicted octanol–water partition coefficient (Wildman–Crippen LogP) is 2.98. The average molecular weight is 181 g/mol. The Balaban J connectivity index is 2.31. The smallest absolute Gasteiger partial charge is 0.0140 e. The Morgan fingerprint density at radius 1 is 1.23 bits per heavy atom. The van der Waals surface area contributed by atoms with Gasteiger partial charge in [0.1, 0.15) is 0 Å². The highest BCUT2D eigenvalue weighted by molar-refractivity contribution is 4.96. The van der Waals surface area contributed by atoms with Crippen molar-refractivity contribution < 1.29 is 0 Å². The molecule has 0 aliphatic heterocycles. The molecule has 0 aromatic heterocycles. The zero-order chi connectivity index (χ0) is 9.84. The van der Waals surface area contributed by atoms with Crippen LogP contribution in [0.2, 0.25) is 0 Å². The van der Waals surface area contributed by atoms with Gasteiger partial charge in [-0.2, -0.15) is 0 Å². The van der Waals surface area contributed by atoms with Gasteiger partial charge in [-0.15, -0.1) is 0 Å². The predicted molar refractivity (Wildman–Crippen MR) is 58.8 cm³/mol.